The van der Waals surface area contributed by atoms with Gasteiger partial charge in [-0.05, 0) is 30.3 Å². The molecule has 1 atom stereocenters. The van der Waals surface area contributed by atoms with Crippen LogP contribution in [-0.2, 0) is 5.72 Å². The van der Waals surface area contributed by atoms with Crippen LogP contribution in [0.15, 0.2) is 51.9 Å². The Morgan fingerprint density at radius 3 is 2.46 bits per heavy atom. The molecule has 0 spiro atoms. The SMILES string of the molecule is OC1(c2ccc(Br)cc2)c2cc(Cl)ccc2N=CN1CC(F)(F)F. The maximum absolute atomic E-state index is 13.0. The lowest BCUT2D eigenvalue weighted by molar-refractivity contribution is -0.167. The summed E-state index contributed by atoms with van der Waals surface area (Å²) in [6.07, 6.45) is -3.50. The highest BCUT2D eigenvalue weighted by molar-refractivity contribution is 9.10. The lowest BCUT2D eigenvalue weighted by Crippen LogP contribution is -2.51. The van der Waals surface area contributed by atoms with E-state index in [0.717, 1.165) is 15.7 Å². The molecule has 0 saturated heterocycles. The Kier molecular flexibility index (Phi) is 4.36. The molecule has 1 heterocycles. The number of aliphatic imine (C=N–C) groups is 1. The van der Waals surface area contributed by atoms with Gasteiger partial charge in [-0.25, -0.2) is 4.99 Å². The zero-order valence-electron chi connectivity index (χ0n) is 12.1. The summed E-state index contributed by atoms with van der Waals surface area (Å²) in [6, 6.07) is 11.0. The fourth-order valence-electron chi connectivity index (χ4n) is 2.62. The Bertz CT molecular complexity index is 795. The van der Waals surface area contributed by atoms with Gasteiger partial charge in [0.1, 0.15) is 6.54 Å². The highest BCUT2D eigenvalue weighted by Gasteiger charge is 2.45. The molecule has 3 nitrogen and oxygen atoms in total. The first-order valence-corrected chi connectivity index (χ1v) is 8.03. The van der Waals surface area contributed by atoms with Crippen LogP contribution in [0.1, 0.15) is 11.1 Å². The highest BCUT2D eigenvalue weighted by Crippen LogP contribution is 2.43. The van der Waals surface area contributed by atoms with E-state index in [0.29, 0.717) is 10.7 Å². The number of rotatable bonds is 2. The van der Waals surface area contributed by atoms with Gasteiger partial charge in [-0.15, -0.1) is 0 Å². The van der Waals surface area contributed by atoms with Gasteiger partial charge in [0.05, 0.1) is 12.0 Å². The molecule has 0 aromatic heterocycles. The van der Waals surface area contributed by atoms with Crippen molar-refractivity contribution < 1.29 is 18.3 Å². The number of hydrogen-bond donors (Lipinski definition) is 1. The number of nitrogens with zero attached hydrogens (tertiary/aromatic N) is 2. The first kappa shape index (κ1) is 17.3. The van der Waals surface area contributed by atoms with Crippen molar-refractivity contribution in [1.29, 1.82) is 0 Å². The standard InChI is InChI=1S/C16H11BrClF3N2O/c17-11-3-1-10(2-4-11)16(24)13-7-12(18)5-6-14(13)22-9-23(16)8-15(19,20)21/h1-7,9,24H,8H2. The lowest BCUT2D eigenvalue weighted by atomic mass is 9.90. The maximum atomic E-state index is 13.0. The van der Waals surface area contributed by atoms with Crippen LogP contribution < -0.4 is 0 Å². The van der Waals surface area contributed by atoms with Crippen LogP contribution in [0.3, 0.4) is 0 Å². The summed E-state index contributed by atoms with van der Waals surface area (Å²) in [5.41, 5.74) is -1.19. The van der Waals surface area contributed by atoms with Crippen LogP contribution in [0.5, 0.6) is 0 Å². The van der Waals surface area contributed by atoms with Crippen LogP contribution in [0.4, 0.5) is 18.9 Å². The normalized spacial score (nSPS) is 20.2. The van der Waals surface area contributed by atoms with E-state index in [1.54, 1.807) is 36.4 Å². The van der Waals surface area contributed by atoms with Crippen LogP contribution in [0.2, 0.25) is 5.02 Å². The topological polar surface area (TPSA) is 35.8 Å². The molecule has 1 unspecified atom stereocenters. The molecule has 0 amide bonds. The quantitative estimate of drug-likeness (QED) is 0.756. The second kappa shape index (κ2) is 6.06. The van der Waals surface area contributed by atoms with Gasteiger partial charge in [0.25, 0.3) is 0 Å². The van der Waals surface area contributed by atoms with E-state index in [9.17, 15) is 18.3 Å². The minimum Gasteiger partial charge on any atom is -0.363 e. The first-order chi connectivity index (χ1) is 11.2. The smallest absolute Gasteiger partial charge is 0.363 e. The Labute approximate surface area is 149 Å². The zero-order chi connectivity index (χ0) is 17.5. The molecule has 24 heavy (non-hydrogen) atoms. The molecule has 0 saturated carbocycles. The monoisotopic (exact) mass is 418 g/mol. The molecule has 1 N–H and O–H groups in total. The van der Waals surface area contributed by atoms with Crippen LogP contribution in [0.25, 0.3) is 0 Å². The summed E-state index contributed by atoms with van der Waals surface area (Å²) in [7, 11) is 0. The largest absolute Gasteiger partial charge is 0.406 e. The van der Waals surface area contributed by atoms with Gasteiger partial charge in [-0.2, -0.15) is 13.2 Å². The predicted molar refractivity (Wildman–Crippen MR) is 89.5 cm³/mol. The van der Waals surface area contributed by atoms with Crippen molar-refractivity contribution in [2.24, 2.45) is 4.99 Å². The summed E-state index contributed by atoms with van der Waals surface area (Å²) in [5, 5.41) is 11.6. The van der Waals surface area contributed by atoms with E-state index >= 15 is 0 Å². The van der Waals surface area contributed by atoms with E-state index in [1.165, 1.54) is 6.07 Å². The van der Waals surface area contributed by atoms with Gasteiger partial charge >= 0.3 is 6.18 Å². The molecule has 2 aromatic rings. The van der Waals surface area contributed by atoms with Crippen molar-refractivity contribution in [1.82, 2.24) is 4.90 Å². The van der Waals surface area contributed by atoms with Gasteiger partial charge in [0.2, 0.25) is 0 Å². The van der Waals surface area contributed by atoms with E-state index < -0.39 is 18.4 Å². The molecular weight excluding hydrogens is 409 g/mol. The summed E-state index contributed by atoms with van der Waals surface area (Å²) in [4.78, 5) is 4.77. The van der Waals surface area contributed by atoms with Gasteiger partial charge in [-0.1, -0.05) is 39.7 Å². The first-order valence-electron chi connectivity index (χ1n) is 6.86. The number of alkyl halides is 3. The van der Waals surface area contributed by atoms with Crippen molar-refractivity contribution in [3.63, 3.8) is 0 Å². The molecule has 1 aliphatic rings. The maximum Gasteiger partial charge on any atom is 0.406 e. The zero-order valence-corrected chi connectivity index (χ0v) is 14.4. The molecule has 126 valence electrons. The van der Waals surface area contributed by atoms with Crippen LogP contribution in [-0.4, -0.2) is 29.1 Å². The highest BCUT2D eigenvalue weighted by atomic mass is 79.9. The second-order valence-corrected chi connectivity index (χ2v) is 6.68. The Balaban J connectivity index is 2.20. The lowest BCUT2D eigenvalue weighted by Gasteiger charge is -2.42. The molecule has 0 bridgehead atoms. The van der Waals surface area contributed by atoms with Crippen molar-refractivity contribution in [2.45, 2.75) is 11.9 Å². The minimum atomic E-state index is -4.51. The van der Waals surface area contributed by atoms with E-state index in [1.807, 2.05) is 0 Å². The Morgan fingerprint density at radius 2 is 1.83 bits per heavy atom. The number of fused-ring (bicyclic) bond motifs is 1. The number of hydrogen-bond acceptors (Lipinski definition) is 3. The third-order valence-electron chi connectivity index (χ3n) is 3.68. The third-order valence-corrected chi connectivity index (χ3v) is 4.45. The van der Waals surface area contributed by atoms with E-state index in [-0.39, 0.29) is 11.1 Å². The number of halogens is 5. The predicted octanol–water partition coefficient (Wildman–Crippen LogP) is 4.83. The molecule has 0 aliphatic carbocycles. The van der Waals surface area contributed by atoms with Gasteiger partial charge in [0, 0.05) is 20.6 Å². The minimum absolute atomic E-state index is 0.198. The van der Waals surface area contributed by atoms with Crippen molar-refractivity contribution in [2.75, 3.05) is 6.54 Å². The second-order valence-electron chi connectivity index (χ2n) is 5.33. The van der Waals surface area contributed by atoms with Crippen LogP contribution in [0, 0.1) is 0 Å². The Morgan fingerprint density at radius 1 is 1.17 bits per heavy atom. The van der Waals surface area contributed by atoms with Gasteiger partial charge in [0.15, 0.2) is 5.72 Å². The summed E-state index contributed by atoms with van der Waals surface area (Å²) in [6.45, 7) is -1.35. The average Bonchev–Trinajstić information content (AvgIpc) is 2.50. The average molecular weight is 420 g/mol. The van der Waals surface area contributed by atoms with Crippen molar-refractivity contribution in [3.8, 4) is 0 Å². The van der Waals surface area contributed by atoms with Crippen molar-refractivity contribution in [3.05, 3.63) is 63.1 Å². The molecule has 0 fully saturated rings. The summed E-state index contributed by atoms with van der Waals surface area (Å²) in [5.74, 6) is 0. The Hall–Kier alpha value is -1.57. The third kappa shape index (κ3) is 3.16. The molecule has 8 heteroatoms. The van der Waals surface area contributed by atoms with E-state index in [4.69, 9.17) is 11.6 Å². The summed E-state index contributed by atoms with van der Waals surface area (Å²) >= 11 is 9.26. The fraction of sp³-hybridized carbons (Fsp3) is 0.188. The molecule has 0 radical (unpaired) electrons. The van der Waals surface area contributed by atoms with Crippen LogP contribution >= 0.6 is 27.5 Å². The molecule has 1 aliphatic heterocycles. The number of aliphatic hydroxyl groups is 1. The van der Waals surface area contributed by atoms with Gasteiger partial charge < -0.3 is 10.0 Å². The van der Waals surface area contributed by atoms with Gasteiger partial charge in [-0.3, -0.25) is 0 Å². The molecular formula is C16H11BrClF3N2O. The summed E-state index contributed by atoms with van der Waals surface area (Å²) < 4.78 is 39.7. The number of benzene rings is 2. The van der Waals surface area contributed by atoms with Crippen molar-refractivity contribution >= 4 is 39.6 Å². The van der Waals surface area contributed by atoms with E-state index in [2.05, 4.69) is 20.9 Å². The molecule has 2 aromatic carbocycles. The molecule has 3 rings (SSSR count). The fourth-order valence-corrected chi connectivity index (χ4v) is 3.06.